The Morgan fingerprint density at radius 1 is 0.889 bits per heavy atom. The summed E-state index contributed by atoms with van der Waals surface area (Å²) in [5.41, 5.74) is 0.663. The van der Waals surface area contributed by atoms with Gasteiger partial charge in [0.2, 0.25) is 0 Å². The van der Waals surface area contributed by atoms with Crippen LogP contribution in [0.5, 0.6) is 5.75 Å². The molecule has 0 saturated heterocycles. The lowest BCUT2D eigenvalue weighted by molar-refractivity contribution is 0.281. The van der Waals surface area contributed by atoms with E-state index >= 15 is 0 Å². The average molecular weight is 247 g/mol. The molecule has 0 aliphatic rings. The van der Waals surface area contributed by atoms with Crippen LogP contribution in [0.15, 0.2) is 36.4 Å². The van der Waals surface area contributed by atoms with Crippen LogP contribution in [0.1, 0.15) is 0 Å². The lowest BCUT2D eigenvalue weighted by Gasteiger charge is -2.25. The molecular formula is C14H17NO3. The number of aromatic hydroxyl groups is 1. The van der Waals surface area contributed by atoms with Crippen molar-refractivity contribution in [3.63, 3.8) is 0 Å². The van der Waals surface area contributed by atoms with Gasteiger partial charge in [0.25, 0.3) is 0 Å². The zero-order valence-corrected chi connectivity index (χ0v) is 10.1. The van der Waals surface area contributed by atoms with Crippen molar-refractivity contribution in [3.8, 4) is 5.75 Å². The van der Waals surface area contributed by atoms with Gasteiger partial charge in [-0.05, 0) is 11.5 Å². The van der Waals surface area contributed by atoms with Crippen LogP contribution >= 0.6 is 0 Å². The van der Waals surface area contributed by atoms with E-state index < -0.39 is 0 Å². The number of rotatable bonds is 5. The molecule has 0 aliphatic carbocycles. The van der Waals surface area contributed by atoms with Crippen LogP contribution in [0.25, 0.3) is 10.8 Å². The first-order valence-corrected chi connectivity index (χ1v) is 5.95. The molecule has 0 aromatic heterocycles. The van der Waals surface area contributed by atoms with Crippen LogP contribution in [0.4, 0.5) is 5.69 Å². The molecule has 0 unspecified atom stereocenters. The second-order valence-electron chi connectivity index (χ2n) is 4.09. The van der Waals surface area contributed by atoms with Gasteiger partial charge in [0, 0.05) is 18.5 Å². The van der Waals surface area contributed by atoms with E-state index in [0.29, 0.717) is 18.8 Å². The summed E-state index contributed by atoms with van der Waals surface area (Å²) >= 11 is 0. The first-order valence-electron chi connectivity index (χ1n) is 5.95. The predicted molar refractivity (Wildman–Crippen MR) is 72.0 cm³/mol. The fourth-order valence-electron chi connectivity index (χ4n) is 2.15. The van der Waals surface area contributed by atoms with Gasteiger partial charge < -0.3 is 20.2 Å². The molecule has 0 saturated carbocycles. The van der Waals surface area contributed by atoms with Gasteiger partial charge >= 0.3 is 0 Å². The third-order valence-corrected chi connectivity index (χ3v) is 2.94. The topological polar surface area (TPSA) is 63.9 Å². The number of nitrogens with zero attached hydrogens (tertiary/aromatic N) is 1. The van der Waals surface area contributed by atoms with E-state index in [1.165, 1.54) is 0 Å². The molecule has 0 aliphatic heterocycles. The summed E-state index contributed by atoms with van der Waals surface area (Å²) in [6.07, 6.45) is 0. The highest BCUT2D eigenvalue weighted by atomic mass is 16.3. The normalized spacial score (nSPS) is 10.8. The van der Waals surface area contributed by atoms with E-state index in [1.54, 1.807) is 11.0 Å². The minimum Gasteiger partial charge on any atom is -0.506 e. The molecule has 0 fully saturated rings. The standard InChI is InChI=1S/C14H17NO3/c16-9-7-15(8-10-17)14-12-4-2-1-3-11(12)5-6-13(14)18/h1-6,16-18H,7-10H2. The molecule has 2 aromatic rings. The summed E-state index contributed by atoms with van der Waals surface area (Å²) in [6.45, 7) is 0.704. The van der Waals surface area contributed by atoms with Crippen molar-refractivity contribution in [2.45, 2.75) is 0 Å². The van der Waals surface area contributed by atoms with Crippen LogP contribution in [0, 0.1) is 0 Å². The number of hydrogen-bond donors (Lipinski definition) is 3. The molecule has 3 N–H and O–H groups in total. The fourth-order valence-corrected chi connectivity index (χ4v) is 2.15. The van der Waals surface area contributed by atoms with E-state index in [4.69, 9.17) is 10.2 Å². The number of phenolic OH excluding ortho intramolecular Hbond substituents is 1. The first-order chi connectivity index (χ1) is 8.77. The van der Waals surface area contributed by atoms with Crippen molar-refractivity contribution in [1.82, 2.24) is 0 Å². The Morgan fingerprint density at radius 2 is 1.56 bits per heavy atom. The van der Waals surface area contributed by atoms with Crippen molar-refractivity contribution in [2.75, 3.05) is 31.2 Å². The van der Waals surface area contributed by atoms with E-state index in [0.717, 1.165) is 10.8 Å². The summed E-state index contributed by atoms with van der Waals surface area (Å²) in [6, 6.07) is 11.2. The Bertz CT molecular complexity index is 521. The minimum atomic E-state index is -0.0251. The van der Waals surface area contributed by atoms with Gasteiger partial charge in [0.05, 0.1) is 18.9 Å². The quantitative estimate of drug-likeness (QED) is 0.746. The van der Waals surface area contributed by atoms with Gasteiger partial charge in [0.15, 0.2) is 0 Å². The van der Waals surface area contributed by atoms with E-state index in [9.17, 15) is 5.11 Å². The third kappa shape index (κ3) is 2.39. The Labute approximate surface area is 106 Å². The Balaban J connectivity index is 2.55. The molecule has 0 bridgehead atoms. The zero-order chi connectivity index (χ0) is 13.0. The lowest BCUT2D eigenvalue weighted by Crippen LogP contribution is -2.29. The monoisotopic (exact) mass is 247 g/mol. The number of benzene rings is 2. The van der Waals surface area contributed by atoms with Gasteiger partial charge in [0.1, 0.15) is 5.75 Å². The summed E-state index contributed by atoms with van der Waals surface area (Å²) in [5.74, 6) is 0.163. The van der Waals surface area contributed by atoms with Crippen LogP contribution < -0.4 is 4.90 Å². The van der Waals surface area contributed by atoms with Gasteiger partial charge in [-0.25, -0.2) is 0 Å². The molecule has 2 rings (SSSR count). The van der Waals surface area contributed by atoms with E-state index in [2.05, 4.69) is 0 Å². The molecule has 0 amide bonds. The number of aliphatic hydroxyl groups excluding tert-OH is 2. The van der Waals surface area contributed by atoms with E-state index in [1.807, 2.05) is 30.3 Å². The molecule has 18 heavy (non-hydrogen) atoms. The van der Waals surface area contributed by atoms with Gasteiger partial charge in [-0.2, -0.15) is 0 Å². The summed E-state index contributed by atoms with van der Waals surface area (Å²) < 4.78 is 0. The van der Waals surface area contributed by atoms with Crippen molar-refractivity contribution in [1.29, 1.82) is 0 Å². The van der Waals surface area contributed by atoms with Crippen LogP contribution in [-0.4, -0.2) is 41.6 Å². The molecule has 0 radical (unpaired) electrons. The molecule has 0 heterocycles. The highest BCUT2D eigenvalue weighted by Crippen LogP contribution is 2.35. The van der Waals surface area contributed by atoms with Gasteiger partial charge in [-0.3, -0.25) is 0 Å². The minimum absolute atomic E-state index is 0.0251. The van der Waals surface area contributed by atoms with Crippen molar-refractivity contribution >= 4 is 16.5 Å². The maximum Gasteiger partial charge on any atom is 0.139 e. The molecule has 4 heteroatoms. The second kappa shape index (κ2) is 5.71. The highest BCUT2D eigenvalue weighted by molar-refractivity contribution is 5.97. The van der Waals surface area contributed by atoms with Crippen molar-refractivity contribution < 1.29 is 15.3 Å². The number of hydrogen-bond acceptors (Lipinski definition) is 4. The molecule has 4 nitrogen and oxygen atoms in total. The Morgan fingerprint density at radius 3 is 2.22 bits per heavy atom. The first kappa shape index (κ1) is 12.7. The largest absolute Gasteiger partial charge is 0.506 e. The number of aliphatic hydroxyl groups is 2. The molecule has 96 valence electrons. The number of fused-ring (bicyclic) bond motifs is 1. The van der Waals surface area contributed by atoms with Crippen LogP contribution in [0.3, 0.4) is 0 Å². The predicted octanol–water partition coefficient (Wildman–Crippen LogP) is 1.34. The Kier molecular flexibility index (Phi) is 4.02. The zero-order valence-electron chi connectivity index (χ0n) is 10.1. The van der Waals surface area contributed by atoms with Crippen molar-refractivity contribution in [3.05, 3.63) is 36.4 Å². The van der Waals surface area contributed by atoms with Crippen LogP contribution in [-0.2, 0) is 0 Å². The molecule has 2 aromatic carbocycles. The third-order valence-electron chi connectivity index (χ3n) is 2.94. The maximum atomic E-state index is 10.0. The Hall–Kier alpha value is -1.78. The molecule has 0 spiro atoms. The maximum absolute atomic E-state index is 10.0. The average Bonchev–Trinajstić information content (AvgIpc) is 2.38. The summed E-state index contributed by atoms with van der Waals surface area (Å²) in [7, 11) is 0. The number of anilines is 1. The summed E-state index contributed by atoms with van der Waals surface area (Å²) in [5, 5.41) is 30.1. The van der Waals surface area contributed by atoms with Crippen LogP contribution in [0.2, 0.25) is 0 Å². The lowest BCUT2D eigenvalue weighted by atomic mass is 10.1. The van der Waals surface area contributed by atoms with Crippen molar-refractivity contribution in [2.24, 2.45) is 0 Å². The van der Waals surface area contributed by atoms with Gasteiger partial charge in [-0.15, -0.1) is 0 Å². The number of phenols is 1. The van der Waals surface area contributed by atoms with E-state index in [-0.39, 0.29) is 19.0 Å². The molecule has 0 atom stereocenters. The SMILES string of the molecule is OCCN(CCO)c1c(O)ccc2ccccc12. The second-order valence-corrected chi connectivity index (χ2v) is 4.09. The summed E-state index contributed by atoms with van der Waals surface area (Å²) in [4.78, 5) is 1.79. The smallest absolute Gasteiger partial charge is 0.139 e. The fraction of sp³-hybridized carbons (Fsp3) is 0.286. The van der Waals surface area contributed by atoms with Gasteiger partial charge in [-0.1, -0.05) is 30.3 Å². The highest BCUT2D eigenvalue weighted by Gasteiger charge is 2.13. The molecular weight excluding hydrogens is 230 g/mol.